The van der Waals surface area contributed by atoms with E-state index in [-0.39, 0.29) is 0 Å². The minimum atomic E-state index is 0.522. The highest BCUT2D eigenvalue weighted by Crippen LogP contribution is 2.33. The number of alkyl halides is 1. The van der Waals surface area contributed by atoms with Crippen LogP contribution in [0, 0.1) is 0 Å². The number of hydrogen-bond donors (Lipinski definition) is 0. The lowest BCUT2D eigenvalue weighted by Gasteiger charge is -2.34. The molecule has 1 atom stereocenters. The molecule has 0 aromatic heterocycles. The van der Waals surface area contributed by atoms with Crippen LogP contribution in [0.3, 0.4) is 0 Å². The molecule has 1 aliphatic heterocycles. The first-order valence-electron chi connectivity index (χ1n) is 5.42. The molecule has 1 unspecified atom stereocenters. The molecule has 1 fully saturated rings. The number of rotatable bonds is 2. The zero-order chi connectivity index (χ0) is 11.5. The molecule has 1 aromatic carbocycles. The topological polar surface area (TPSA) is 3.24 Å². The monoisotopic (exact) mass is 275 g/mol. The number of para-hydroxylation sites is 1. The molecule has 1 aliphatic rings. The van der Waals surface area contributed by atoms with Crippen LogP contribution in [-0.4, -0.2) is 24.1 Å². The number of hydrogen-bond acceptors (Lipinski definition) is 2. The maximum Gasteiger partial charge on any atom is 0.0642 e. The van der Waals surface area contributed by atoms with E-state index in [4.69, 9.17) is 23.2 Å². The Bertz CT molecular complexity index is 370. The summed E-state index contributed by atoms with van der Waals surface area (Å²) >= 11 is 14.3. The van der Waals surface area contributed by atoms with Gasteiger partial charge in [0.15, 0.2) is 0 Å². The van der Waals surface area contributed by atoms with E-state index in [9.17, 15) is 0 Å². The van der Waals surface area contributed by atoms with Crippen LogP contribution in [0.4, 0.5) is 5.69 Å². The lowest BCUT2D eigenvalue weighted by atomic mass is 10.1. The van der Waals surface area contributed by atoms with Gasteiger partial charge < -0.3 is 4.90 Å². The maximum atomic E-state index is 6.28. The summed E-state index contributed by atoms with van der Waals surface area (Å²) in [6.07, 6.45) is 0. The average molecular weight is 276 g/mol. The van der Waals surface area contributed by atoms with Gasteiger partial charge in [0.25, 0.3) is 0 Å². The largest absolute Gasteiger partial charge is 0.368 e. The predicted octanol–water partition coefficient (Wildman–Crippen LogP) is 4.02. The smallest absolute Gasteiger partial charge is 0.0642 e. The van der Waals surface area contributed by atoms with Crippen molar-refractivity contribution in [2.75, 3.05) is 23.7 Å². The fraction of sp³-hybridized carbons (Fsp3) is 0.500. The van der Waals surface area contributed by atoms with Gasteiger partial charge in [-0.15, -0.1) is 11.6 Å². The van der Waals surface area contributed by atoms with E-state index in [0.717, 1.165) is 35.1 Å². The quantitative estimate of drug-likeness (QED) is 0.750. The molecule has 4 heteroatoms. The van der Waals surface area contributed by atoms with Crippen molar-refractivity contribution in [3.05, 3.63) is 28.8 Å². The Morgan fingerprint density at radius 1 is 1.50 bits per heavy atom. The summed E-state index contributed by atoms with van der Waals surface area (Å²) in [5.41, 5.74) is 2.26. The van der Waals surface area contributed by atoms with Crippen molar-refractivity contribution in [3.8, 4) is 0 Å². The fourth-order valence-electron chi connectivity index (χ4n) is 2.04. The van der Waals surface area contributed by atoms with Crippen molar-refractivity contribution in [3.63, 3.8) is 0 Å². The van der Waals surface area contributed by atoms with Crippen LogP contribution in [0.2, 0.25) is 5.02 Å². The summed E-state index contributed by atoms with van der Waals surface area (Å²) < 4.78 is 0. The van der Waals surface area contributed by atoms with Crippen LogP contribution in [0.15, 0.2) is 18.2 Å². The minimum absolute atomic E-state index is 0.522. The average Bonchev–Trinajstić information content (AvgIpc) is 2.28. The van der Waals surface area contributed by atoms with Crippen LogP contribution in [0.1, 0.15) is 12.5 Å². The Morgan fingerprint density at radius 2 is 2.31 bits per heavy atom. The summed E-state index contributed by atoms with van der Waals surface area (Å²) in [6.45, 7) is 4.37. The van der Waals surface area contributed by atoms with Crippen LogP contribution in [0.5, 0.6) is 0 Å². The van der Waals surface area contributed by atoms with E-state index in [2.05, 4.69) is 17.9 Å². The Kier molecular flexibility index (Phi) is 4.28. The highest BCUT2D eigenvalue weighted by Gasteiger charge is 2.20. The molecular formula is C12H15Cl2NS. The third-order valence-corrected chi connectivity index (χ3v) is 4.50. The standard InChI is InChI=1S/C12H15Cl2NS/c1-9-8-15(5-6-16-9)12-10(7-13)3-2-4-11(12)14/h2-4,9H,5-8H2,1H3. The second-order valence-electron chi connectivity index (χ2n) is 4.01. The molecule has 88 valence electrons. The fourth-order valence-corrected chi connectivity index (χ4v) is 3.59. The van der Waals surface area contributed by atoms with E-state index < -0.39 is 0 Å². The van der Waals surface area contributed by atoms with Crippen LogP contribution in [0.25, 0.3) is 0 Å². The number of thioether (sulfide) groups is 1. The van der Waals surface area contributed by atoms with Gasteiger partial charge in [-0.25, -0.2) is 0 Å². The molecule has 0 amide bonds. The molecule has 0 aliphatic carbocycles. The van der Waals surface area contributed by atoms with Gasteiger partial charge in [-0.1, -0.05) is 30.7 Å². The summed E-state index contributed by atoms with van der Waals surface area (Å²) in [5, 5.41) is 1.48. The molecule has 1 nitrogen and oxygen atoms in total. The lowest BCUT2D eigenvalue weighted by Crippen LogP contribution is -2.37. The van der Waals surface area contributed by atoms with Gasteiger partial charge in [0.1, 0.15) is 0 Å². The van der Waals surface area contributed by atoms with E-state index in [1.165, 1.54) is 0 Å². The first-order valence-corrected chi connectivity index (χ1v) is 7.38. The first kappa shape index (κ1) is 12.4. The highest BCUT2D eigenvalue weighted by molar-refractivity contribution is 8.00. The second-order valence-corrected chi connectivity index (χ2v) is 6.23. The Hall–Kier alpha value is -0.0500. The summed E-state index contributed by atoms with van der Waals surface area (Å²) in [7, 11) is 0. The molecular weight excluding hydrogens is 261 g/mol. The maximum absolute atomic E-state index is 6.28. The van der Waals surface area contributed by atoms with Gasteiger partial charge in [0.2, 0.25) is 0 Å². The van der Waals surface area contributed by atoms with Gasteiger partial charge in [-0.05, 0) is 11.6 Å². The van der Waals surface area contributed by atoms with Gasteiger partial charge in [0, 0.05) is 30.0 Å². The highest BCUT2D eigenvalue weighted by atomic mass is 35.5. The first-order chi connectivity index (χ1) is 7.72. The Labute approximate surface area is 111 Å². The SMILES string of the molecule is CC1CN(c2c(Cl)cccc2CCl)CCS1. The second kappa shape index (κ2) is 5.52. The molecule has 0 N–H and O–H groups in total. The van der Waals surface area contributed by atoms with Crippen molar-refractivity contribution in [1.82, 2.24) is 0 Å². The van der Waals surface area contributed by atoms with Crippen molar-refractivity contribution < 1.29 is 0 Å². The van der Waals surface area contributed by atoms with Crippen LogP contribution in [-0.2, 0) is 5.88 Å². The number of benzene rings is 1. The number of nitrogens with zero attached hydrogens (tertiary/aromatic N) is 1. The number of anilines is 1. The zero-order valence-corrected chi connectivity index (χ0v) is 11.6. The van der Waals surface area contributed by atoms with E-state index >= 15 is 0 Å². The molecule has 0 bridgehead atoms. The van der Waals surface area contributed by atoms with E-state index in [0.29, 0.717) is 11.1 Å². The summed E-state index contributed by atoms with van der Waals surface area (Å²) in [4.78, 5) is 2.36. The van der Waals surface area contributed by atoms with Crippen LogP contribution >= 0.6 is 35.0 Å². The predicted molar refractivity (Wildman–Crippen MR) is 75.1 cm³/mol. The zero-order valence-electron chi connectivity index (χ0n) is 9.25. The van der Waals surface area contributed by atoms with Crippen molar-refractivity contribution in [2.24, 2.45) is 0 Å². The van der Waals surface area contributed by atoms with Gasteiger partial charge in [-0.3, -0.25) is 0 Å². The van der Waals surface area contributed by atoms with Crippen molar-refractivity contribution in [2.45, 2.75) is 18.1 Å². The third-order valence-electron chi connectivity index (χ3n) is 2.77. The van der Waals surface area contributed by atoms with E-state index in [1.54, 1.807) is 0 Å². The van der Waals surface area contributed by atoms with Gasteiger partial charge in [0.05, 0.1) is 10.7 Å². The van der Waals surface area contributed by atoms with Gasteiger partial charge >= 0.3 is 0 Å². The molecule has 0 saturated carbocycles. The number of halogens is 2. The Morgan fingerprint density at radius 3 is 3.00 bits per heavy atom. The molecule has 2 rings (SSSR count). The lowest BCUT2D eigenvalue weighted by molar-refractivity contribution is 0.780. The summed E-state index contributed by atoms with van der Waals surface area (Å²) in [5.74, 6) is 1.68. The van der Waals surface area contributed by atoms with Gasteiger partial charge in [-0.2, -0.15) is 11.8 Å². The van der Waals surface area contributed by atoms with Crippen molar-refractivity contribution >= 4 is 40.7 Å². The molecule has 0 radical (unpaired) electrons. The van der Waals surface area contributed by atoms with Crippen LogP contribution < -0.4 is 4.90 Å². The molecule has 1 aromatic rings. The molecule has 1 saturated heterocycles. The Balaban J connectivity index is 2.30. The van der Waals surface area contributed by atoms with E-state index in [1.807, 2.05) is 23.9 Å². The third kappa shape index (κ3) is 2.61. The van der Waals surface area contributed by atoms with Crippen molar-refractivity contribution in [1.29, 1.82) is 0 Å². The molecule has 0 spiro atoms. The minimum Gasteiger partial charge on any atom is -0.368 e. The molecule has 16 heavy (non-hydrogen) atoms. The summed E-state index contributed by atoms with van der Waals surface area (Å²) in [6, 6.07) is 5.96. The normalized spacial score (nSPS) is 21.2. The molecule has 1 heterocycles.